The number of ether oxygens (including phenoxy) is 2. The lowest BCUT2D eigenvalue weighted by molar-refractivity contribution is -0.339. The maximum atomic E-state index is 12.3. The van der Waals surface area contributed by atoms with Gasteiger partial charge in [-0.25, -0.2) is 9.68 Å². The first-order chi connectivity index (χ1) is 17.9. The van der Waals surface area contributed by atoms with Gasteiger partial charge in [-0.1, -0.05) is 73.5 Å². The van der Waals surface area contributed by atoms with E-state index < -0.39 is 17.8 Å². The zero-order chi connectivity index (χ0) is 29.5. The Morgan fingerprint density at radius 1 is 1.10 bits per heavy atom. The zero-order valence-electron chi connectivity index (χ0n) is 26.4. The van der Waals surface area contributed by atoms with Gasteiger partial charge in [0.05, 0.1) is 19.8 Å². The average Bonchev–Trinajstić information content (AvgIpc) is 2.87. The van der Waals surface area contributed by atoms with Crippen molar-refractivity contribution in [3.8, 4) is 0 Å². The fourth-order valence-corrected chi connectivity index (χ4v) is 10.3. The Morgan fingerprint density at radius 3 is 2.23 bits per heavy atom. The molecule has 3 fully saturated rings. The Hall–Kier alpha value is -1.15. The van der Waals surface area contributed by atoms with Crippen molar-refractivity contribution < 1.29 is 29.5 Å². The van der Waals surface area contributed by atoms with Gasteiger partial charge in [-0.05, 0) is 66.6 Å². The van der Waals surface area contributed by atoms with E-state index in [9.17, 15) is 15.2 Å². The Kier molecular flexibility index (Phi) is 7.89. The van der Waals surface area contributed by atoms with Crippen molar-refractivity contribution in [1.29, 1.82) is 0 Å². The van der Waals surface area contributed by atoms with Crippen LogP contribution in [-0.2, 0) is 14.4 Å². The minimum Gasteiger partial charge on any atom is -0.453 e. The molecule has 3 aliphatic carbocycles. The number of methoxy groups -OCH3 is 1. The van der Waals surface area contributed by atoms with Gasteiger partial charge in [0.25, 0.3) is 0 Å². The number of nitrogens with one attached hydrogen (secondary N) is 1. The number of aliphatic hydroxyl groups is 1. The number of amides is 1. The molecule has 10 unspecified atom stereocenters. The summed E-state index contributed by atoms with van der Waals surface area (Å²) in [6.07, 6.45) is 0.626. The summed E-state index contributed by atoms with van der Waals surface area (Å²) in [6, 6.07) is -0.259. The number of alkyl carbamates (subject to hydrolysis) is 1. The molecule has 39 heavy (non-hydrogen) atoms. The van der Waals surface area contributed by atoms with Crippen LogP contribution in [0.4, 0.5) is 4.79 Å². The van der Waals surface area contributed by atoms with Gasteiger partial charge in [0.15, 0.2) is 0 Å². The summed E-state index contributed by atoms with van der Waals surface area (Å²) in [7, 11) is 1.36. The molecule has 4 rings (SSSR count). The van der Waals surface area contributed by atoms with Gasteiger partial charge in [0.2, 0.25) is 0 Å². The van der Waals surface area contributed by atoms with Crippen molar-refractivity contribution in [1.82, 2.24) is 5.32 Å². The van der Waals surface area contributed by atoms with Crippen LogP contribution < -0.4 is 5.32 Å². The van der Waals surface area contributed by atoms with Crippen LogP contribution in [0.1, 0.15) is 89.0 Å². The summed E-state index contributed by atoms with van der Waals surface area (Å²) in [5, 5.41) is 25.5. The molecule has 0 aromatic heterocycles. The monoisotopic (exact) mass is 549 g/mol. The van der Waals surface area contributed by atoms with Gasteiger partial charge in [-0.3, -0.25) is 5.26 Å². The minimum atomic E-state index is -0.823. The second-order valence-electron chi connectivity index (χ2n) is 14.9. The molecule has 7 nitrogen and oxygen atoms in total. The quantitative estimate of drug-likeness (QED) is 0.211. The van der Waals surface area contributed by atoms with Crippen LogP contribution >= 0.6 is 0 Å². The van der Waals surface area contributed by atoms with E-state index in [1.165, 1.54) is 18.3 Å². The SMILES string of the molecule is COC(=O)NC(C)C(C)[C@@H](OO)C1CC2(C)C(C)C3[C@]4(O)COC4CC(C)[C@@]3(C)C(C)C(C)C(=C1C)C2(C)C. The summed E-state index contributed by atoms with van der Waals surface area (Å²) in [5.74, 6) is 1.12. The second-order valence-corrected chi connectivity index (χ2v) is 14.9. The predicted octanol–water partition coefficient (Wildman–Crippen LogP) is 6.31. The molecule has 0 radical (unpaired) electrons. The van der Waals surface area contributed by atoms with E-state index in [1.807, 2.05) is 13.8 Å². The van der Waals surface area contributed by atoms with Gasteiger partial charge in [-0.15, -0.1) is 0 Å². The molecular formula is C32H55NO6. The first-order valence-electron chi connectivity index (χ1n) is 15.1. The van der Waals surface area contributed by atoms with Crippen molar-refractivity contribution >= 4 is 6.09 Å². The van der Waals surface area contributed by atoms with Crippen LogP contribution in [0.15, 0.2) is 11.1 Å². The highest BCUT2D eigenvalue weighted by Crippen LogP contribution is 2.72. The smallest absolute Gasteiger partial charge is 0.407 e. The molecule has 1 amide bonds. The van der Waals surface area contributed by atoms with Gasteiger partial charge >= 0.3 is 6.09 Å². The van der Waals surface area contributed by atoms with Crippen molar-refractivity contribution in [2.24, 2.45) is 57.7 Å². The van der Waals surface area contributed by atoms with E-state index >= 15 is 0 Å². The second kappa shape index (κ2) is 9.99. The van der Waals surface area contributed by atoms with E-state index in [-0.39, 0.29) is 58.0 Å². The van der Waals surface area contributed by atoms with Gasteiger partial charge < -0.3 is 19.9 Å². The van der Waals surface area contributed by atoms with Crippen LogP contribution in [0.2, 0.25) is 0 Å². The van der Waals surface area contributed by atoms with Crippen LogP contribution in [0, 0.1) is 57.7 Å². The lowest BCUT2D eigenvalue weighted by Gasteiger charge is -2.71. The fraction of sp³-hybridized carbons (Fsp3) is 0.906. The topological polar surface area (TPSA) is 97.3 Å². The number of rotatable bonds is 5. The predicted molar refractivity (Wildman–Crippen MR) is 152 cm³/mol. The highest BCUT2D eigenvalue weighted by atomic mass is 17.1. The van der Waals surface area contributed by atoms with E-state index in [0.717, 1.165) is 12.8 Å². The number of allylic oxidation sites excluding steroid dienone is 1. The number of hydrogen-bond acceptors (Lipinski definition) is 6. The molecule has 1 saturated heterocycles. The van der Waals surface area contributed by atoms with Gasteiger partial charge in [-0.2, -0.15) is 0 Å². The first-order valence-corrected chi connectivity index (χ1v) is 15.1. The molecule has 2 bridgehead atoms. The maximum Gasteiger partial charge on any atom is 0.407 e. The molecular weight excluding hydrogens is 494 g/mol. The van der Waals surface area contributed by atoms with Crippen LogP contribution in [0.25, 0.3) is 0 Å². The standard InChI is InChI=1S/C32H55NO6/c1-16-13-24-32(35,15-38-24)27-21(6)30(10)14-23(26(39-36)18(3)22(7)33-28(34)37-12)19(4)25(29(30,8)9)17(2)20(5)31(16,27)11/h16-18,20-24,26-27,35-36H,13-15H2,1-12H3,(H,33,34)/t16?,17?,18?,20?,21?,22?,23?,24?,26-,27?,30?,31+,32+/m1/s1. The third kappa shape index (κ3) is 4.07. The summed E-state index contributed by atoms with van der Waals surface area (Å²) in [6.45, 7) is 25.8. The third-order valence-corrected chi connectivity index (χ3v) is 13.7. The Morgan fingerprint density at radius 2 is 1.72 bits per heavy atom. The lowest BCUT2D eigenvalue weighted by Crippen LogP contribution is -2.75. The zero-order valence-corrected chi connectivity index (χ0v) is 26.4. The molecule has 7 heteroatoms. The lowest BCUT2D eigenvalue weighted by atomic mass is 9.36. The van der Waals surface area contributed by atoms with E-state index in [0.29, 0.717) is 18.4 Å². The molecule has 1 heterocycles. The summed E-state index contributed by atoms with van der Waals surface area (Å²) in [4.78, 5) is 17.3. The number of fused-ring (bicyclic) bond motifs is 5. The molecule has 224 valence electrons. The third-order valence-electron chi connectivity index (χ3n) is 13.7. The van der Waals surface area contributed by atoms with Crippen LogP contribution in [0.3, 0.4) is 0 Å². The van der Waals surface area contributed by atoms with Crippen molar-refractivity contribution in [2.45, 2.75) is 113 Å². The minimum absolute atomic E-state index is 0.0366. The molecule has 0 aromatic rings. The summed E-state index contributed by atoms with van der Waals surface area (Å²) in [5.41, 5.74) is 1.58. The van der Waals surface area contributed by atoms with E-state index in [4.69, 9.17) is 14.4 Å². The highest BCUT2D eigenvalue weighted by Gasteiger charge is 2.71. The molecule has 4 aliphatic rings. The Balaban J connectivity index is 1.88. The van der Waals surface area contributed by atoms with E-state index in [2.05, 4.69) is 67.6 Å². The number of hydrogen-bond donors (Lipinski definition) is 3. The summed E-state index contributed by atoms with van der Waals surface area (Å²) < 4.78 is 10.8. The van der Waals surface area contributed by atoms with Crippen molar-refractivity contribution in [3.05, 3.63) is 11.1 Å². The molecule has 3 N–H and O–H groups in total. The van der Waals surface area contributed by atoms with Crippen LogP contribution in [-0.4, -0.2) is 54.0 Å². The average molecular weight is 550 g/mol. The normalized spacial score (nSPS) is 47.4. The summed E-state index contributed by atoms with van der Waals surface area (Å²) >= 11 is 0. The first kappa shape index (κ1) is 30.8. The Bertz CT molecular complexity index is 995. The van der Waals surface area contributed by atoms with Gasteiger partial charge in [0, 0.05) is 23.8 Å². The molecule has 1 aliphatic heterocycles. The Labute approximate surface area is 236 Å². The number of carbonyl (C=O) groups excluding carboxylic acids is 1. The molecule has 2 saturated carbocycles. The van der Waals surface area contributed by atoms with Crippen molar-refractivity contribution in [2.75, 3.05) is 13.7 Å². The van der Waals surface area contributed by atoms with Gasteiger partial charge in [0.1, 0.15) is 11.7 Å². The molecule has 13 atom stereocenters. The fourth-order valence-electron chi connectivity index (χ4n) is 10.3. The van der Waals surface area contributed by atoms with Crippen LogP contribution in [0.5, 0.6) is 0 Å². The maximum absolute atomic E-state index is 12.3. The van der Waals surface area contributed by atoms with E-state index in [1.54, 1.807) is 0 Å². The highest BCUT2D eigenvalue weighted by molar-refractivity contribution is 5.67. The molecule has 0 aromatic carbocycles. The largest absolute Gasteiger partial charge is 0.453 e. The molecule has 0 spiro atoms. The number of carbonyl (C=O) groups is 1. The van der Waals surface area contributed by atoms with Crippen molar-refractivity contribution in [3.63, 3.8) is 0 Å².